The van der Waals surface area contributed by atoms with E-state index in [1.54, 1.807) is 36.1 Å². The summed E-state index contributed by atoms with van der Waals surface area (Å²) in [6, 6.07) is 13.5. The third-order valence-corrected chi connectivity index (χ3v) is 5.14. The molecule has 0 atom stereocenters. The minimum atomic E-state index is -0.280. The number of rotatable bonds is 6. The largest absolute Gasteiger partial charge is 0.361 e. The highest BCUT2D eigenvalue weighted by atomic mass is 127. The van der Waals surface area contributed by atoms with Crippen molar-refractivity contribution in [2.24, 2.45) is 4.99 Å². The highest BCUT2D eigenvalue weighted by molar-refractivity contribution is 14.0. The molecule has 0 amide bonds. The molecule has 2 aromatic heterocycles. The van der Waals surface area contributed by atoms with Gasteiger partial charge in [-0.05, 0) is 42.7 Å². The summed E-state index contributed by atoms with van der Waals surface area (Å²) in [6.07, 6.45) is 6.34. The van der Waals surface area contributed by atoms with Crippen molar-refractivity contribution in [1.82, 2.24) is 25.2 Å². The molecular formula is C23H26FIN6. The van der Waals surface area contributed by atoms with Crippen molar-refractivity contribution in [1.29, 1.82) is 0 Å². The number of nitrogens with zero attached hydrogens (tertiary/aromatic N) is 3. The van der Waals surface area contributed by atoms with E-state index in [9.17, 15) is 4.39 Å². The van der Waals surface area contributed by atoms with Crippen LogP contribution in [0.5, 0.6) is 0 Å². The lowest BCUT2D eigenvalue weighted by atomic mass is 10.1. The summed E-state index contributed by atoms with van der Waals surface area (Å²) < 4.78 is 16.3. The lowest BCUT2D eigenvalue weighted by Crippen LogP contribution is -2.37. The van der Waals surface area contributed by atoms with Crippen LogP contribution in [0.4, 0.5) is 4.39 Å². The zero-order chi connectivity index (χ0) is 20.9. The first kappa shape index (κ1) is 22.8. The fourth-order valence-electron chi connectivity index (χ4n) is 3.55. The standard InChI is InChI=1S/C23H25FN6.HI/c1-16-26-11-12-30(16)22-8-7-17(13-20(22)24)14-29-23(25-2)27-10-9-18-15-28-21-6-4-3-5-19(18)21;/h3-8,11-13,15,28H,9-10,14H2,1-2H3,(H2,25,27,29);1H. The number of benzene rings is 2. The molecule has 31 heavy (non-hydrogen) atoms. The van der Waals surface area contributed by atoms with Crippen LogP contribution in [0.15, 0.2) is 66.0 Å². The normalized spacial score (nSPS) is 11.4. The molecule has 4 aromatic rings. The Morgan fingerprint density at radius 3 is 2.77 bits per heavy atom. The first-order valence-corrected chi connectivity index (χ1v) is 9.94. The summed E-state index contributed by atoms with van der Waals surface area (Å²) in [5.41, 5.74) is 3.75. The van der Waals surface area contributed by atoms with Gasteiger partial charge in [-0.3, -0.25) is 4.99 Å². The Hall–Kier alpha value is -2.88. The highest BCUT2D eigenvalue weighted by Crippen LogP contribution is 2.18. The van der Waals surface area contributed by atoms with Gasteiger partial charge in [0.25, 0.3) is 0 Å². The van der Waals surface area contributed by atoms with Gasteiger partial charge in [0.05, 0.1) is 5.69 Å². The molecule has 0 saturated carbocycles. The Morgan fingerprint density at radius 2 is 2.03 bits per heavy atom. The molecule has 0 saturated heterocycles. The van der Waals surface area contributed by atoms with Crippen LogP contribution < -0.4 is 10.6 Å². The van der Waals surface area contributed by atoms with E-state index in [1.807, 2.05) is 25.1 Å². The smallest absolute Gasteiger partial charge is 0.191 e. The molecule has 0 aliphatic rings. The quantitative estimate of drug-likeness (QED) is 0.197. The van der Waals surface area contributed by atoms with E-state index in [4.69, 9.17) is 0 Å². The van der Waals surface area contributed by atoms with Crippen molar-refractivity contribution >= 4 is 40.8 Å². The van der Waals surface area contributed by atoms with Crippen molar-refractivity contribution < 1.29 is 4.39 Å². The van der Waals surface area contributed by atoms with Gasteiger partial charge in [-0.15, -0.1) is 24.0 Å². The molecule has 0 unspecified atom stereocenters. The predicted molar refractivity (Wildman–Crippen MR) is 134 cm³/mol. The Kier molecular flexibility index (Phi) is 7.67. The van der Waals surface area contributed by atoms with Crippen LogP contribution in [-0.4, -0.2) is 34.1 Å². The van der Waals surface area contributed by atoms with Crippen LogP contribution in [-0.2, 0) is 13.0 Å². The molecule has 0 spiro atoms. The van der Waals surface area contributed by atoms with Crippen molar-refractivity contribution in [3.63, 3.8) is 0 Å². The number of imidazole rings is 1. The maximum Gasteiger partial charge on any atom is 0.191 e. The van der Waals surface area contributed by atoms with Crippen LogP contribution in [0, 0.1) is 12.7 Å². The van der Waals surface area contributed by atoms with E-state index in [2.05, 4.69) is 43.9 Å². The molecule has 8 heteroatoms. The van der Waals surface area contributed by atoms with E-state index < -0.39 is 0 Å². The lowest BCUT2D eigenvalue weighted by molar-refractivity contribution is 0.613. The van der Waals surface area contributed by atoms with E-state index in [0.717, 1.165) is 29.9 Å². The fraction of sp³-hybridized carbons (Fsp3) is 0.217. The maximum atomic E-state index is 14.6. The summed E-state index contributed by atoms with van der Waals surface area (Å²) in [4.78, 5) is 11.7. The highest BCUT2D eigenvalue weighted by Gasteiger charge is 2.09. The number of H-pyrrole nitrogens is 1. The number of para-hydroxylation sites is 1. The predicted octanol–water partition coefficient (Wildman–Crippen LogP) is 4.33. The lowest BCUT2D eigenvalue weighted by Gasteiger charge is -2.13. The zero-order valence-corrected chi connectivity index (χ0v) is 19.9. The van der Waals surface area contributed by atoms with Gasteiger partial charge in [0.15, 0.2) is 5.96 Å². The van der Waals surface area contributed by atoms with Gasteiger partial charge in [-0.25, -0.2) is 9.37 Å². The van der Waals surface area contributed by atoms with Gasteiger partial charge in [-0.1, -0.05) is 24.3 Å². The first-order valence-electron chi connectivity index (χ1n) is 9.94. The second kappa shape index (κ2) is 10.4. The second-order valence-electron chi connectivity index (χ2n) is 7.09. The average molecular weight is 532 g/mol. The van der Waals surface area contributed by atoms with Crippen LogP contribution in [0.3, 0.4) is 0 Å². The van der Waals surface area contributed by atoms with E-state index >= 15 is 0 Å². The number of guanidine groups is 1. The summed E-state index contributed by atoms with van der Waals surface area (Å²) in [5.74, 6) is 1.15. The SMILES string of the molecule is CN=C(NCCc1c[nH]c2ccccc12)NCc1ccc(-n2ccnc2C)c(F)c1.I. The molecule has 3 N–H and O–H groups in total. The number of nitrogens with one attached hydrogen (secondary N) is 3. The fourth-order valence-corrected chi connectivity index (χ4v) is 3.55. The molecule has 6 nitrogen and oxygen atoms in total. The molecule has 162 valence electrons. The van der Waals surface area contributed by atoms with Crippen LogP contribution in [0.2, 0.25) is 0 Å². The first-order chi connectivity index (χ1) is 14.7. The van der Waals surface area contributed by atoms with Crippen molar-refractivity contribution in [3.05, 3.63) is 83.8 Å². The van der Waals surface area contributed by atoms with Gasteiger partial charge in [-0.2, -0.15) is 0 Å². The molecule has 0 radical (unpaired) electrons. The number of hydrogen-bond acceptors (Lipinski definition) is 2. The summed E-state index contributed by atoms with van der Waals surface area (Å²) in [5, 5.41) is 7.80. The second-order valence-corrected chi connectivity index (χ2v) is 7.09. The molecule has 0 aliphatic carbocycles. The topological polar surface area (TPSA) is 70.0 Å². The van der Waals surface area contributed by atoms with Gasteiger partial charge in [0.2, 0.25) is 0 Å². The average Bonchev–Trinajstić information content (AvgIpc) is 3.37. The van der Waals surface area contributed by atoms with Gasteiger partial charge in [0.1, 0.15) is 11.6 Å². The van der Waals surface area contributed by atoms with Crippen LogP contribution >= 0.6 is 24.0 Å². The number of aliphatic imine (C=N–C) groups is 1. The third-order valence-electron chi connectivity index (χ3n) is 5.14. The molecule has 0 bridgehead atoms. The van der Waals surface area contributed by atoms with E-state index in [1.165, 1.54) is 10.9 Å². The summed E-state index contributed by atoms with van der Waals surface area (Å²) in [6.45, 7) is 3.07. The molecule has 2 heterocycles. The Bertz CT molecular complexity index is 1180. The summed E-state index contributed by atoms with van der Waals surface area (Å²) in [7, 11) is 1.73. The number of aromatic amines is 1. The van der Waals surface area contributed by atoms with E-state index in [0.29, 0.717) is 18.2 Å². The number of aromatic nitrogens is 3. The third kappa shape index (κ3) is 5.25. The molecular weight excluding hydrogens is 506 g/mol. The van der Waals surface area contributed by atoms with Crippen LogP contribution in [0.25, 0.3) is 16.6 Å². The zero-order valence-electron chi connectivity index (χ0n) is 17.5. The minimum absolute atomic E-state index is 0. The number of aryl methyl sites for hydroxylation is 1. The Labute approximate surface area is 198 Å². The molecule has 0 fully saturated rings. The minimum Gasteiger partial charge on any atom is -0.361 e. The Morgan fingerprint density at radius 1 is 1.19 bits per heavy atom. The number of halogens is 2. The molecule has 4 rings (SSSR count). The van der Waals surface area contributed by atoms with Gasteiger partial charge >= 0.3 is 0 Å². The van der Waals surface area contributed by atoms with Crippen LogP contribution in [0.1, 0.15) is 17.0 Å². The molecule has 0 aliphatic heterocycles. The monoisotopic (exact) mass is 532 g/mol. The number of fused-ring (bicyclic) bond motifs is 1. The maximum absolute atomic E-state index is 14.6. The number of hydrogen-bond donors (Lipinski definition) is 3. The van der Waals surface area contributed by atoms with Gasteiger partial charge in [0, 0.05) is 49.6 Å². The molecule has 2 aromatic carbocycles. The van der Waals surface area contributed by atoms with E-state index in [-0.39, 0.29) is 29.8 Å². The van der Waals surface area contributed by atoms with Gasteiger partial charge < -0.3 is 20.2 Å². The summed E-state index contributed by atoms with van der Waals surface area (Å²) >= 11 is 0. The van der Waals surface area contributed by atoms with Crippen molar-refractivity contribution in [3.8, 4) is 5.69 Å². The Balaban J connectivity index is 0.00000272. The van der Waals surface area contributed by atoms with Crippen molar-refractivity contribution in [2.75, 3.05) is 13.6 Å². The van der Waals surface area contributed by atoms with Crippen molar-refractivity contribution in [2.45, 2.75) is 19.9 Å².